The number of cyclic esters (lactones) is 3. The van der Waals surface area contributed by atoms with E-state index in [1.807, 2.05) is 18.2 Å². The molecule has 0 amide bonds. The van der Waals surface area contributed by atoms with Gasteiger partial charge >= 0.3 is 12.1 Å². The normalized spacial score (nSPS) is 26.5. The highest BCUT2D eigenvalue weighted by atomic mass is 16.8. The number of carbonyl (C=O) groups excluding carboxylic acids is 2. The second-order valence-electron chi connectivity index (χ2n) is 6.03. The maximum atomic E-state index is 11.7. The highest BCUT2D eigenvalue weighted by molar-refractivity contribution is 5.85. The summed E-state index contributed by atoms with van der Waals surface area (Å²) in [5.41, 5.74) is 0.531. The summed E-state index contributed by atoms with van der Waals surface area (Å²) in [4.78, 5) is 23.3. The van der Waals surface area contributed by atoms with E-state index in [2.05, 4.69) is 16.9 Å². The van der Waals surface area contributed by atoms with E-state index >= 15 is 0 Å². The van der Waals surface area contributed by atoms with Crippen molar-refractivity contribution in [3.63, 3.8) is 0 Å². The number of ether oxygens (including phenoxy) is 2. The largest absolute Gasteiger partial charge is 0.516 e. The summed E-state index contributed by atoms with van der Waals surface area (Å²) in [6.45, 7) is 0. The highest BCUT2D eigenvalue weighted by Gasteiger charge is 2.49. The predicted octanol–water partition coefficient (Wildman–Crippen LogP) is 3.63. The molecule has 0 bridgehead atoms. The molecule has 1 heterocycles. The van der Waals surface area contributed by atoms with E-state index in [1.165, 1.54) is 5.56 Å². The molecular formula is C17H20O4. The molecule has 2 fully saturated rings. The van der Waals surface area contributed by atoms with E-state index in [0.717, 1.165) is 32.1 Å². The van der Waals surface area contributed by atoms with Crippen LogP contribution in [0.5, 0.6) is 0 Å². The molecular weight excluding hydrogens is 268 g/mol. The zero-order chi connectivity index (χ0) is 14.7. The number of rotatable bonds is 4. The summed E-state index contributed by atoms with van der Waals surface area (Å²) < 4.78 is 10.1. The number of carbonyl (C=O) groups is 2. The van der Waals surface area contributed by atoms with Gasteiger partial charge in [-0.1, -0.05) is 43.2 Å². The molecule has 21 heavy (non-hydrogen) atoms. The number of aryl methyl sites for hydroxylation is 1. The van der Waals surface area contributed by atoms with Crippen molar-refractivity contribution < 1.29 is 19.1 Å². The quantitative estimate of drug-likeness (QED) is 0.627. The molecule has 0 aromatic heterocycles. The third-order valence-corrected chi connectivity index (χ3v) is 4.71. The Morgan fingerprint density at radius 2 is 1.81 bits per heavy atom. The van der Waals surface area contributed by atoms with Gasteiger partial charge in [-0.05, 0) is 37.2 Å². The lowest BCUT2D eigenvalue weighted by molar-refractivity contribution is -0.166. The minimum absolute atomic E-state index is 0.191. The Balaban J connectivity index is 1.78. The first-order valence-corrected chi connectivity index (χ1v) is 7.65. The molecule has 3 rings (SSSR count). The van der Waals surface area contributed by atoms with E-state index in [0.29, 0.717) is 6.42 Å². The number of hydrogen-bond donors (Lipinski definition) is 0. The van der Waals surface area contributed by atoms with Gasteiger partial charge < -0.3 is 9.47 Å². The van der Waals surface area contributed by atoms with Crippen molar-refractivity contribution in [2.45, 2.75) is 50.5 Å². The summed E-state index contributed by atoms with van der Waals surface area (Å²) in [7, 11) is 0. The summed E-state index contributed by atoms with van der Waals surface area (Å²) in [5, 5.41) is 0. The molecule has 1 aromatic rings. The zero-order valence-electron chi connectivity index (χ0n) is 12.0. The van der Waals surface area contributed by atoms with Crippen molar-refractivity contribution in [2.75, 3.05) is 0 Å². The topological polar surface area (TPSA) is 52.6 Å². The van der Waals surface area contributed by atoms with Gasteiger partial charge in [0, 0.05) is 0 Å². The molecule has 1 saturated carbocycles. The van der Waals surface area contributed by atoms with Crippen LogP contribution in [0, 0.1) is 5.92 Å². The molecule has 1 aliphatic carbocycles. The lowest BCUT2D eigenvalue weighted by Gasteiger charge is -2.39. The zero-order valence-corrected chi connectivity index (χ0v) is 12.0. The smallest absolute Gasteiger partial charge is 0.426 e. The van der Waals surface area contributed by atoms with Crippen molar-refractivity contribution in [1.82, 2.24) is 0 Å². The van der Waals surface area contributed by atoms with Gasteiger partial charge in [0.25, 0.3) is 0 Å². The van der Waals surface area contributed by atoms with Crippen LogP contribution in [0.25, 0.3) is 0 Å². The number of benzene rings is 1. The maximum absolute atomic E-state index is 11.7. The van der Waals surface area contributed by atoms with Crippen LogP contribution in [0.2, 0.25) is 0 Å². The number of hydrogen-bond acceptors (Lipinski definition) is 4. The Hall–Kier alpha value is -1.84. The molecule has 1 aromatic carbocycles. The van der Waals surface area contributed by atoms with Gasteiger partial charge in [-0.2, -0.15) is 0 Å². The number of esters is 1. The van der Waals surface area contributed by atoms with Gasteiger partial charge in [-0.3, -0.25) is 4.79 Å². The van der Waals surface area contributed by atoms with Crippen molar-refractivity contribution in [3.8, 4) is 0 Å². The van der Waals surface area contributed by atoms with Crippen molar-refractivity contribution in [1.29, 1.82) is 0 Å². The van der Waals surface area contributed by atoms with Gasteiger partial charge in [-0.25, -0.2) is 4.79 Å². The molecule has 0 N–H and O–H groups in total. The fourth-order valence-corrected chi connectivity index (χ4v) is 3.62. The van der Waals surface area contributed by atoms with Gasteiger partial charge in [0.2, 0.25) is 0 Å². The van der Waals surface area contributed by atoms with Gasteiger partial charge in [0.1, 0.15) is 5.60 Å². The average Bonchev–Trinajstić information content (AvgIpc) is 3.00. The Morgan fingerprint density at radius 1 is 1.10 bits per heavy atom. The second kappa shape index (κ2) is 5.88. The fourth-order valence-electron chi connectivity index (χ4n) is 3.62. The summed E-state index contributed by atoms with van der Waals surface area (Å²) in [6.07, 6.45) is 5.18. The lowest BCUT2D eigenvalue weighted by Crippen LogP contribution is -2.48. The van der Waals surface area contributed by atoms with Gasteiger partial charge in [0.05, 0.1) is 6.42 Å². The van der Waals surface area contributed by atoms with Crippen LogP contribution < -0.4 is 0 Å². The predicted molar refractivity (Wildman–Crippen MR) is 76.6 cm³/mol. The van der Waals surface area contributed by atoms with Crippen molar-refractivity contribution in [2.24, 2.45) is 5.92 Å². The van der Waals surface area contributed by atoms with E-state index in [-0.39, 0.29) is 12.3 Å². The second-order valence-corrected chi connectivity index (χ2v) is 6.03. The van der Waals surface area contributed by atoms with Crippen LogP contribution in [0.4, 0.5) is 4.79 Å². The van der Waals surface area contributed by atoms with Crippen molar-refractivity contribution in [3.05, 3.63) is 35.9 Å². The molecule has 0 radical (unpaired) electrons. The third-order valence-electron chi connectivity index (χ3n) is 4.71. The molecule has 0 spiro atoms. The van der Waals surface area contributed by atoms with E-state index in [4.69, 9.17) is 4.74 Å². The molecule has 4 nitrogen and oxygen atoms in total. The average molecular weight is 288 g/mol. The van der Waals surface area contributed by atoms with E-state index in [9.17, 15) is 9.59 Å². The highest BCUT2D eigenvalue weighted by Crippen LogP contribution is 2.43. The van der Waals surface area contributed by atoms with Crippen molar-refractivity contribution >= 4 is 12.1 Å². The fraction of sp³-hybridized carbons (Fsp3) is 0.529. The monoisotopic (exact) mass is 288 g/mol. The SMILES string of the molecule is O=C1CC(CCc2ccccc2)(C2CCCC2)OC(=O)O1. The van der Waals surface area contributed by atoms with Crippen LogP contribution in [0.15, 0.2) is 30.3 Å². The summed E-state index contributed by atoms with van der Waals surface area (Å²) in [5.74, 6) is -0.177. The van der Waals surface area contributed by atoms with Crippen LogP contribution >= 0.6 is 0 Å². The minimum Gasteiger partial charge on any atom is -0.426 e. The minimum atomic E-state index is -0.828. The Kier molecular flexibility index (Phi) is 3.95. The summed E-state index contributed by atoms with van der Waals surface area (Å²) >= 11 is 0. The lowest BCUT2D eigenvalue weighted by atomic mass is 9.78. The van der Waals surface area contributed by atoms with Crippen LogP contribution in [-0.4, -0.2) is 17.7 Å². The molecule has 4 heteroatoms. The van der Waals surface area contributed by atoms with Crippen LogP contribution in [0.3, 0.4) is 0 Å². The molecule has 1 aliphatic heterocycles. The van der Waals surface area contributed by atoms with E-state index < -0.39 is 17.7 Å². The molecule has 1 atom stereocenters. The molecule has 1 unspecified atom stereocenters. The first kappa shape index (κ1) is 14.1. The molecule has 1 saturated heterocycles. The maximum Gasteiger partial charge on any atom is 0.516 e. The standard InChI is InChI=1S/C17H20O4/c18-15-12-17(21-16(19)20-15,14-8-4-5-9-14)11-10-13-6-2-1-3-7-13/h1-3,6-7,14H,4-5,8-12H2. The Bertz CT molecular complexity index is 501. The van der Waals surface area contributed by atoms with Crippen LogP contribution in [-0.2, 0) is 20.7 Å². The van der Waals surface area contributed by atoms with Crippen LogP contribution in [0.1, 0.15) is 44.1 Å². The Morgan fingerprint density at radius 3 is 2.48 bits per heavy atom. The van der Waals surface area contributed by atoms with Gasteiger partial charge in [0.15, 0.2) is 0 Å². The first-order valence-electron chi connectivity index (χ1n) is 7.65. The first-order chi connectivity index (χ1) is 10.2. The van der Waals surface area contributed by atoms with E-state index in [1.54, 1.807) is 0 Å². The molecule has 112 valence electrons. The third kappa shape index (κ3) is 3.09. The van der Waals surface area contributed by atoms with Gasteiger partial charge in [-0.15, -0.1) is 0 Å². The molecule has 2 aliphatic rings. The summed E-state index contributed by atoms with van der Waals surface area (Å²) in [6, 6.07) is 10.1. The Labute approximate surface area is 124 Å².